The summed E-state index contributed by atoms with van der Waals surface area (Å²) < 4.78 is 7.80. The third-order valence-corrected chi connectivity index (χ3v) is 3.17. The van der Waals surface area contributed by atoms with E-state index in [-0.39, 0.29) is 23.5 Å². The van der Waals surface area contributed by atoms with E-state index in [9.17, 15) is 4.79 Å². The zero-order valence-corrected chi connectivity index (χ0v) is 8.60. The van der Waals surface area contributed by atoms with Gasteiger partial charge in [-0.15, -0.1) is 0 Å². The molecule has 4 atom stereocenters. The van der Waals surface area contributed by atoms with Gasteiger partial charge in [-0.3, -0.25) is 4.79 Å². The molecule has 1 fully saturated rings. The van der Waals surface area contributed by atoms with Crippen molar-refractivity contribution in [3.05, 3.63) is 35.9 Å². The number of rotatable bonds is 1. The monoisotopic (exact) mass is 189 g/mol. The Morgan fingerprint density at radius 2 is 1.93 bits per heavy atom. The van der Waals surface area contributed by atoms with Crippen LogP contribution in [-0.4, -0.2) is 5.78 Å². The number of benzene rings is 1. The summed E-state index contributed by atoms with van der Waals surface area (Å²) in [6.45, 7) is 3.96. The van der Waals surface area contributed by atoms with Crippen LogP contribution in [0.25, 0.3) is 0 Å². The summed E-state index contributed by atoms with van der Waals surface area (Å²) in [5.74, 6) is 0.442. The van der Waals surface area contributed by atoms with Crippen molar-refractivity contribution in [3.8, 4) is 0 Å². The van der Waals surface area contributed by atoms with E-state index in [1.807, 2.05) is 32.0 Å². The number of carbonyl (C=O) groups excluding carboxylic acids is 1. The minimum atomic E-state index is -0.537. The van der Waals surface area contributed by atoms with Crippen molar-refractivity contribution >= 4 is 5.78 Å². The molecular weight excluding hydrogens is 172 g/mol. The highest BCUT2D eigenvalue weighted by Crippen LogP contribution is 2.41. The number of ketones is 1. The smallest absolute Gasteiger partial charge is 0.136 e. The zero-order chi connectivity index (χ0) is 11.0. The van der Waals surface area contributed by atoms with E-state index in [1.165, 1.54) is 5.56 Å². The quantitative estimate of drug-likeness (QED) is 0.663. The first-order valence-electron chi connectivity index (χ1n) is 5.71. The zero-order valence-electron chi connectivity index (χ0n) is 9.60. The fourth-order valence-electron chi connectivity index (χ4n) is 2.41. The molecule has 0 amide bonds. The molecule has 1 aromatic carbocycles. The van der Waals surface area contributed by atoms with Crippen molar-refractivity contribution in [3.63, 3.8) is 0 Å². The second kappa shape index (κ2) is 3.56. The molecule has 2 rings (SSSR count). The van der Waals surface area contributed by atoms with Gasteiger partial charge >= 0.3 is 0 Å². The third-order valence-electron chi connectivity index (χ3n) is 3.17. The van der Waals surface area contributed by atoms with Crippen molar-refractivity contribution in [2.24, 2.45) is 11.8 Å². The molecule has 0 spiro atoms. The Morgan fingerprint density at radius 3 is 2.43 bits per heavy atom. The number of hydrogen-bond acceptors (Lipinski definition) is 1. The van der Waals surface area contributed by atoms with Gasteiger partial charge in [0, 0.05) is 13.7 Å². The molecule has 1 aliphatic rings. The normalized spacial score (nSPS) is 38.4. The summed E-state index contributed by atoms with van der Waals surface area (Å²) in [4.78, 5) is 11.7. The molecule has 14 heavy (non-hydrogen) atoms. The van der Waals surface area contributed by atoms with Crippen LogP contribution in [0.1, 0.15) is 33.1 Å². The number of Topliss-reactive ketones (excluding diaryl/α,β-unsaturated/α-hetero) is 1. The Morgan fingerprint density at radius 1 is 1.29 bits per heavy atom. The van der Waals surface area contributed by atoms with E-state index < -0.39 is 6.40 Å². The molecule has 1 heteroatoms. The van der Waals surface area contributed by atoms with Gasteiger partial charge in [0.15, 0.2) is 0 Å². The Hall–Kier alpha value is -1.11. The molecule has 0 heterocycles. The maximum atomic E-state index is 11.7. The van der Waals surface area contributed by atoms with Crippen LogP contribution in [0.15, 0.2) is 30.3 Å². The first kappa shape index (κ1) is 8.22. The Balaban J connectivity index is 2.35. The third kappa shape index (κ3) is 1.47. The van der Waals surface area contributed by atoms with Gasteiger partial charge < -0.3 is 0 Å². The molecule has 1 aliphatic carbocycles. The molecule has 0 radical (unpaired) electrons. The van der Waals surface area contributed by atoms with Crippen LogP contribution in [0.3, 0.4) is 0 Å². The maximum Gasteiger partial charge on any atom is 0.136 e. The lowest BCUT2D eigenvalue weighted by Gasteiger charge is -2.18. The molecule has 0 aliphatic heterocycles. The predicted molar refractivity (Wildman–Crippen MR) is 57.1 cm³/mol. The average molecular weight is 189 g/mol. The van der Waals surface area contributed by atoms with Gasteiger partial charge in [-0.25, -0.2) is 0 Å². The summed E-state index contributed by atoms with van der Waals surface area (Å²) in [5.41, 5.74) is 1.20. The second-order valence-electron chi connectivity index (χ2n) is 4.15. The van der Waals surface area contributed by atoms with E-state index in [1.54, 1.807) is 0 Å². The fraction of sp³-hybridized carbons (Fsp3) is 0.462. The minimum Gasteiger partial charge on any atom is -0.299 e. The molecule has 1 nitrogen and oxygen atoms in total. The van der Waals surface area contributed by atoms with Crippen molar-refractivity contribution in [2.75, 3.05) is 0 Å². The van der Waals surface area contributed by atoms with Crippen LogP contribution in [0.4, 0.5) is 0 Å². The molecule has 1 saturated carbocycles. The number of carbonyl (C=O) groups is 1. The summed E-state index contributed by atoms with van der Waals surface area (Å²) in [7, 11) is 0. The summed E-state index contributed by atoms with van der Waals surface area (Å²) in [6, 6.07) is 10.1. The van der Waals surface area contributed by atoms with E-state index in [0.29, 0.717) is 0 Å². The van der Waals surface area contributed by atoms with Gasteiger partial charge in [-0.1, -0.05) is 44.2 Å². The summed E-state index contributed by atoms with van der Waals surface area (Å²) >= 11 is 0. The Kier molecular flexibility index (Phi) is 2.09. The molecular formula is C13H16O. The van der Waals surface area contributed by atoms with Crippen molar-refractivity contribution < 1.29 is 6.17 Å². The van der Waals surface area contributed by atoms with Crippen LogP contribution in [0, 0.1) is 11.8 Å². The summed E-state index contributed by atoms with van der Waals surface area (Å²) in [5, 5.41) is 0. The Labute approximate surface area is 86.5 Å². The van der Waals surface area contributed by atoms with E-state index in [2.05, 4.69) is 12.1 Å². The van der Waals surface area contributed by atoms with Crippen LogP contribution in [0.5, 0.6) is 0 Å². The lowest BCUT2D eigenvalue weighted by Crippen LogP contribution is -2.11. The first-order chi connectivity index (χ1) is 7.13. The second-order valence-corrected chi connectivity index (χ2v) is 4.15. The highest BCUT2D eigenvalue weighted by Gasteiger charge is 2.37. The largest absolute Gasteiger partial charge is 0.299 e. The highest BCUT2D eigenvalue weighted by molar-refractivity contribution is 5.84. The average Bonchev–Trinajstić information content (AvgIpc) is 2.45. The van der Waals surface area contributed by atoms with Gasteiger partial charge in [0.25, 0.3) is 0 Å². The summed E-state index contributed by atoms with van der Waals surface area (Å²) in [6.07, 6.45) is -0.537. The van der Waals surface area contributed by atoms with Gasteiger partial charge in [0.2, 0.25) is 0 Å². The highest BCUT2D eigenvalue weighted by atomic mass is 16.1. The first-order valence-corrected chi connectivity index (χ1v) is 5.14. The Bertz CT molecular complexity index is 360. The van der Waals surface area contributed by atoms with Gasteiger partial charge in [-0.05, 0) is 17.4 Å². The molecule has 1 aromatic rings. The van der Waals surface area contributed by atoms with Crippen molar-refractivity contribution in [2.45, 2.75) is 26.2 Å². The molecule has 0 aromatic heterocycles. The predicted octanol–water partition coefficient (Wildman–Crippen LogP) is 3.02. The van der Waals surface area contributed by atoms with E-state index >= 15 is 0 Å². The topological polar surface area (TPSA) is 17.1 Å². The van der Waals surface area contributed by atoms with Crippen molar-refractivity contribution in [1.29, 1.82) is 0 Å². The van der Waals surface area contributed by atoms with E-state index in [4.69, 9.17) is 1.37 Å². The van der Waals surface area contributed by atoms with Crippen LogP contribution < -0.4 is 0 Å². The minimum absolute atomic E-state index is 0.00935. The molecule has 0 N–H and O–H groups in total. The standard InChI is InChI=1S/C13H16O/c1-9-8-12(14)10(2)13(9)11-6-4-3-5-7-11/h3-7,9-10,13H,8H2,1-2H3/t9-,10?,13+/m0/s1/i8D/t8?,9-,10?,13+. The van der Waals surface area contributed by atoms with Gasteiger partial charge in [0.05, 0.1) is 0 Å². The SMILES string of the molecule is [2H]C1C(=O)C(C)[C@H](c2ccccc2)[C@H]1C. The number of hydrogen-bond donors (Lipinski definition) is 0. The molecule has 0 saturated heterocycles. The lowest BCUT2D eigenvalue weighted by atomic mass is 9.85. The lowest BCUT2D eigenvalue weighted by molar-refractivity contribution is -0.120. The molecule has 0 bridgehead atoms. The van der Waals surface area contributed by atoms with E-state index in [0.717, 1.165) is 0 Å². The van der Waals surface area contributed by atoms with Gasteiger partial charge in [0.1, 0.15) is 5.78 Å². The van der Waals surface area contributed by atoms with Crippen molar-refractivity contribution in [1.82, 2.24) is 0 Å². The molecule has 74 valence electrons. The maximum absolute atomic E-state index is 11.7. The van der Waals surface area contributed by atoms with Crippen LogP contribution in [0.2, 0.25) is 0 Å². The van der Waals surface area contributed by atoms with Crippen LogP contribution in [-0.2, 0) is 4.79 Å². The fourth-order valence-corrected chi connectivity index (χ4v) is 2.41. The van der Waals surface area contributed by atoms with Gasteiger partial charge in [-0.2, -0.15) is 0 Å². The molecule has 2 unspecified atom stereocenters. The van der Waals surface area contributed by atoms with Crippen LogP contribution >= 0.6 is 0 Å².